The third-order valence-electron chi connectivity index (χ3n) is 4.58. The molecule has 0 radical (unpaired) electrons. The van der Waals surface area contributed by atoms with Gasteiger partial charge in [-0.05, 0) is 25.2 Å². The molecule has 1 N–H and O–H groups in total. The first-order chi connectivity index (χ1) is 9.10. The fourth-order valence-corrected chi connectivity index (χ4v) is 3.55. The number of carbonyl (C=O) groups excluding carboxylic acids is 1. The lowest BCUT2D eigenvalue weighted by atomic mass is 10.00. The SMILES string of the molecule is CCc1nn(C)cc1C(=O)N1CC2CCC(O)C2C1. The molecule has 1 amide bonds. The summed E-state index contributed by atoms with van der Waals surface area (Å²) in [5.74, 6) is 0.845. The molecule has 2 fully saturated rings. The fourth-order valence-electron chi connectivity index (χ4n) is 3.55. The van der Waals surface area contributed by atoms with Gasteiger partial charge in [-0.3, -0.25) is 9.48 Å². The highest BCUT2D eigenvalue weighted by atomic mass is 16.3. The number of rotatable bonds is 2. The maximum Gasteiger partial charge on any atom is 0.257 e. The van der Waals surface area contributed by atoms with Gasteiger partial charge in [-0.15, -0.1) is 0 Å². The maximum absolute atomic E-state index is 12.6. The van der Waals surface area contributed by atoms with E-state index in [4.69, 9.17) is 0 Å². The lowest BCUT2D eigenvalue weighted by Gasteiger charge is -2.18. The van der Waals surface area contributed by atoms with Crippen LogP contribution in [0.15, 0.2) is 6.20 Å². The zero-order valence-electron chi connectivity index (χ0n) is 11.5. The molecule has 3 rings (SSSR count). The standard InChI is InChI=1S/C14H21N3O2/c1-3-12-11(7-16(2)15-12)14(19)17-6-9-4-5-13(18)10(9)8-17/h7,9-10,13,18H,3-6,8H2,1-2H3. The fraction of sp³-hybridized carbons (Fsp3) is 0.714. The van der Waals surface area contributed by atoms with E-state index < -0.39 is 0 Å². The van der Waals surface area contributed by atoms with E-state index in [2.05, 4.69) is 5.10 Å². The highest BCUT2D eigenvalue weighted by Gasteiger charge is 2.43. The van der Waals surface area contributed by atoms with E-state index in [0.29, 0.717) is 12.5 Å². The van der Waals surface area contributed by atoms with Crippen LogP contribution < -0.4 is 0 Å². The monoisotopic (exact) mass is 263 g/mol. The Morgan fingerprint density at radius 3 is 2.95 bits per heavy atom. The van der Waals surface area contributed by atoms with Gasteiger partial charge in [-0.25, -0.2) is 0 Å². The van der Waals surface area contributed by atoms with E-state index in [1.54, 1.807) is 4.68 Å². The summed E-state index contributed by atoms with van der Waals surface area (Å²) in [6.45, 7) is 3.50. The molecule has 0 bridgehead atoms. The number of hydrogen-bond acceptors (Lipinski definition) is 3. The second-order valence-corrected chi connectivity index (χ2v) is 5.80. The Morgan fingerprint density at radius 2 is 2.26 bits per heavy atom. The Balaban J connectivity index is 1.78. The van der Waals surface area contributed by atoms with Crippen molar-refractivity contribution in [3.63, 3.8) is 0 Å². The van der Waals surface area contributed by atoms with Crippen LogP contribution in [0.3, 0.4) is 0 Å². The average Bonchev–Trinajstić information content (AvgIpc) is 3.05. The van der Waals surface area contributed by atoms with Crippen LogP contribution in [-0.4, -0.2) is 44.9 Å². The Kier molecular flexibility index (Phi) is 3.09. The number of aliphatic hydroxyl groups is 1. The lowest BCUT2D eigenvalue weighted by Crippen LogP contribution is -2.31. The first-order valence-electron chi connectivity index (χ1n) is 7.10. The van der Waals surface area contributed by atoms with E-state index in [1.807, 2.05) is 25.1 Å². The minimum atomic E-state index is -0.220. The van der Waals surface area contributed by atoms with Crippen LogP contribution in [0.4, 0.5) is 0 Å². The molecule has 1 aromatic heterocycles. The summed E-state index contributed by atoms with van der Waals surface area (Å²) >= 11 is 0. The maximum atomic E-state index is 12.6. The van der Waals surface area contributed by atoms with Gasteiger partial charge in [0.2, 0.25) is 0 Å². The highest BCUT2D eigenvalue weighted by Crippen LogP contribution is 2.38. The van der Waals surface area contributed by atoms with Gasteiger partial charge in [0.15, 0.2) is 0 Å². The first-order valence-corrected chi connectivity index (χ1v) is 7.10. The molecule has 1 aromatic rings. The topological polar surface area (TPSA) is 58.4 Å². The summed E-state index contributed by atoms with van der Waals surface area (Å²) in [5, 5.41) is 14.2. The molecular formula is C14H21N3O2. The number of aromatic nitrogens is 2. The van der Waals surface area contributed by atoms with Crippen molar-refractivity contribution >= 4 is 5.91 Å². The van der Waals surface area contributed by atoms with Crippen LogP contribution in [0.1, 0.15) is 35.8 Å². The Bertz CT molecular complexity index is 497. The molecule has 104 valence electrons. The number of amides is 1. The van der Waals surface area contributed by atoms with Crippen LogP contribution in [0.5, 0.6) is 0 Å². The van der Waals surface area contributed by atoms with Crippen molar-refractivity contribution in [1.82, 2.24) is 14.7 Å². The number of aryl methyl sites for hydroxylation is 2. The molecule has 5 nitrogen and oxygen atoms in total. The van der Waals surface area contributed by atoms with Gasteiger partial charge in [0.1, 0.15) is 0 Å². The van der Waals surface area contributed by atoms with E-state index in [9.17, 15) is 9.90 Å². The number of likely N-dealkylation sites (tertiary alicyclic amines) is 1. The normalized spacial score (nSPS) is 29.8. The first kappa shape index (κ1) is 12.7. The van der Waals surface area contributed by atoms with Crippen LogP contribution >= 0.6 is 0 Å². The van der Waals surface area contributed by atoms with Crippen LogP contribution in [0.2, 0.25) is 0 Å². The van der Waals surface area contributed by atoms with Gasteiger partial charge in [0.05, 0.1) is 17.4 Å². The Morgan fingerprint density at radius 1 is 1.47 bits per heavy atom. The van der Waals surface area contributed by atoms with Gasteiger partial charge in [0.25, 0.3) is 5.91 Å². The summed E-state index contributed by atoms with van der Waals surface area (Å²) in [4.78, 5) is 14.5. The predicted octanol–water partition coefficient (Wildman–Crippen LogP) is 0.825. The third kappa shape index (κ3) is 2.06. The Labute approximate surface area is 113 Å². The minimum absolute atomic E-state index is 0.0755. The van der Waals surface area contributed by atoms with E-state index >= 15 is 0 Å². The molecule has 1 aliphatic carbocycles. The number of carbonyl (C=O) groups is 1. The molecule has 0 spiro atoms. The van der Waals surface area contributed by atoms with Crippen molar-refractivity contribution in [3.05, 3.63) is 17.5 Å². The molecule has 1 saturated heterocycles. The van der Waals surface area contributed by atoms with Gasteiger partial charge >= 0.3 is 0 Å². The molecule has 1 saturated carbocycles. The molecule has 0 aromatic carbocycles. The van der Waals surface area contributed by atoms with Crippen molar-refractivity contribution in [2.24, 2.45) is 18.9 Å². The number of hydrogen-bond donors (Lipinski definition) is 1. The highest BCUT2D eigenvalue weighted by molar-refractivity contribution is 5.95. The summed E-state index contributed by atoms with van der Waals surface area (Å²) in [5.41, 5.74) is 1.59. The molecule has 5 heteroatoms. The van der Waals surface area contributed by atoms with Crippen molar-refractivity contribution < 1.29 is 9.90 Å². The largest absolute Gasteiger partial charge is 0.393 e. The Hall–Kier alpha value is -1.36. The molecule has 1 aliphatic heterocycles. The van der Waals surface area contributed by atoms with Crippen LogP contribution in [0, 0.1) is 11.8 Å². The zero-order chi connectivity index (χ0) is 13.6. The molecule has 3 atom stereocenters. The molecule has 2 heterocycles. The number of nitrogens with zero attached hydrogens (tertiary/aromatic N) is 3. The predicted molar refractivity (Wildman–Crippen MR) is 70.7 cm³/mol. The van der Waals surface area contributed by atoms with Gasteiger partial charge < -0.3 is 10.0 Å². The summed E-state index contributed by atoms with van der Waals surface area (Å²) in [6.07, 6.45) is 4.30. The second-order valence-electron chi connectivity index (χ2n) is 5.80. The van der Waals surface area contributed by atoms with Crippen LogP contribution in [-0.2, 0) is 13.5 Å². The molecule has 2 aliphatic rings. The van der Waals surface area contributed by atoms with Crippen LogP contribution in [0.25, 0.3) is 0 Å². The van der Waals surface area contributed by atoms with Gasteiger partial charge in [0, 0.05) is 32.3 Å². The summed E-state index contributed by atoms with van der Waals surface area (Å²) in [7, 11) is 1.85. The van der Waals surface area contributed by atoms with Crippen molar-refractivity contribution in [2.75, 3.05) is 13.1 Å². The van der Waals surface area contributed by atoms with Gasteiger partial charge in [-0.2, -0.15) is 5.10 Å². The van der Waals surface area contributed by atoms with E-state index in [-0.39, 0.29) is 17.9 Å². The zero-order valence-corrected chi connectivity index (χ0v) is 11.5. The van der Waals surface area contributed by atoms with E-state index in [0.717, 1.165) is 37.1 Å². The second kappa shape index (κ2) is 4.63. The smallest absolute Gasteiger partial charge is 0.257 e. The molecular weight excluding hydrogens is 242 g/mol. The third-order valence-corrected chi connectivity index (χ3v) is 4.58. The van der Waals surface area contributed by atoms with Crippen molar-refractivity contribution in [1.29, 1.82) is 0 Å². The quantitative estimate of drug-likeness (QED) is 0.859. The van der Waals surface area contributed by atoms with Gasteiger partial charge in [-0.1, -0.05) is 6.92 Å². The number of fused-ring (bicyclic) bond motifs is 1. The lowest BCUT2D eigenvalue weighted by molar-refractivity contribution is 0.0751. The molecule has 19 heavy (non-hydrogen) atoms. The van der Waals surface area contributed by atoms with Crippen molar-refractivity contribution in [3.8, 4) is 0 Å². The average molecular weight is 263 g/mol. The van der Waals surface area contributed by atoms with Crippen molar-refractivity contribution in [2.45, 2.75) is 32.3 Å². The summed E-state index contributed by atoms with van der Waals surface area (Å²) < 4.78 is 1.71. The minimum Gasteiger partial charge on any atom is -0.393 e. The number of aliphatic hydroxyl groups excluding tert-OH is 1. The summed E-state index contributed by atoms with van der Waals surface area (Å²) in [6, 6.07) is 0. The molecule has 3 unspecified atom stereocenters. The van der Waals surface area contributed by atoms with E-state index in [1.165, 1.54) is 0 Å².